The molecule has 0 bridgehead atoms. The largest absolute Gasteiger partial charge is 0.338 e. The highest BCUT2D eigenvalue weighted by molar-refractivity contribution is 7.20. The van der Waals surface area contributed by atoms with Gasteiger partial charge in [0.2, 0.25) is 5.91 Å². The van der Waals surface area contributed by atoms with Crippen molar-refractivity contribution >= 4 is 28.6 Å². The summed E-state index contributed by atoms with van der Waals surface area (Å²) < 4.78 is 0. The molecule has 2 aromatic heterocycles. The van der Waals surface area contributed by atoms with Crippen LogP contribution >= 0.6 is 22.7 Å². The van der Waals surface area contributed by atoms with E-state index in [0.717, 1.165) is 43.2 Å². The van der Waals surface area contributed by atoms with Crippen LogP contribution in [0.3, 0.4) is 0 Å². The number of hydrogen-bond donors (Lipinski definition) is 0. The number of carbonyl (C=O) groups excluding carboxylic acids is 1. The molecule has 1 amide bonds. The van der Waals surface area contributed by atoms with Crippen LogP contribution in [0, 0.1) is 6.92 Å². The number of thiazole rings is 1. The van der Waals surface area contributed by atoms with E-state index in [-0.39, 0.29) is 5.91 Å². The van der Waals surface area contributed by atoms with Crippen LogP contribution in [0.1, 0.15) is 36.1 Å². The zero-order valence-corrected chi connectivity index (χ0v) is 18.6. The predicted octanol–water partition coefficient (Wildman–Crippen LogP) is 5.19. The molecule has 1 aromatic carbocycles. The summed E-state index contributed by atoms with van der Waals surface area (Å²) in [4.78, 5) is 23.1. The summed E-state index contributed by atoms with van der Waals surface area (Å²) in [5, 5.41) is 5.36. The Hall–Kier alpha value is -2.02. The molecule has 1 fully saturated rings. The van der Waals surface area contributed by atoms with Gasteiger partial charge in [-0.15, -0.1) is 22.7 Å². The van der Waals surface area contributed by atoms with Crippen LogP contribution in [0.5, 0.6) is 0 Å². The van der Waals surface area contributed by atoms with Gasteiger partial charge < -0.3 is 4.90 Å². The molecule has 1 atom stereocenters. The van der Waals surface area contributed by atoms with Gasteiger partial charge in [-0.1, -0.05) is 30.3 Å². The third kappa shape index (κ3) is 4.94. The topological polar surface area (TPSA) is 36.4 Å². The van der Waals surface area contributed by atoms with Gasteiger partial charge in [-0.3, -0.25) is 9.69 Å². The zero-order valence-electron chi connectivity index (χ0n) is 17.0. The minimum Gasteiger partial charge on any atom is -0.338 e. The lowest BCUT2D eigenvalue weighted by Gasteiger charge is -2.26. The van der Waals surface area contributed by atoms with Crippen LogP contribution in [0.15, 0.2) is 47.2 Å². The number of likely N-dealkylation sites (tertiary alicyclic amines) is 1. The fourth-order valence-electron chi connectivity index (χ4n) is 3.90. The summed E-state index contributed by atoms with van der Waals surface area (Å²) in [7, 11) is 2.16. The standard InChI is InChI=1S/C23H27N3OS2/c1-17-6-3-4-7-18(17)14-26-12-11-20(9-10-22(26)27)25(2)15-19-16-29-23(24-19)21-8-5-13-28-21/h3-8,13,16,20H,9-12,14-15H2,1-2H3/t20-/m0/s1. The molecule has 4 rings (SSSR count). The second-order valence-electron chi connectivity index (χ2n) is 7.76. The van der Waals surface area contributed by atoms with Gasteiger partial charge in [0, 0.05) is 37.5 Å². The van der Waals surface area contributed by atoms with Crippen molar-refractivity contribution < 1.29 is 4.79 Å². The molecule has 152 valence electrons. The Morgan fingerprint density at radius 2 is 2.03 bits per heavy atom. The molecule has 0 N–H and O–H groups in total. The Morgan fingerprint density at radius 3 is 2.83 bits per heavy atom. The van der Waals surface area contributed by atoms with Gasteiger partial charge in [0.15, 0.2) is 0 Å². The summed E-state index contributed by atoms with van der Waals surface area (Å²) in [5.74, 6) is 0.276. The van der Waals surface area contributed by atoms with Crippen LogP contribution in [0.2, 0.25) is 0 Å². The highest BCUT2D eigenvalue weighted by atomic mass is 32.1. The molecule has 3 aromatic rings. The average molecular weight is 426 g/mol. The fourth-order valence-corrected chi connectivity index (χ4v) is 5.53. The highest BCUT2D eigenvalue weighted by Gasteiger charge is 2.25. The molecule has 1 aliphatic rings. The predicted molar refractivity (Wildman–Crippen MR) is 121 cm³/mol. The number of aromatic nitrogens is 1. The lowest BCUT2D eigenvalue weighted by molar-refractivity contribution is -0.131. The molecule has 0 unspecified atom stereocenters. The van der Waals surface area contributed by atoms with E-state index in [1.54, 1.807) is 22.7 Å². The van der Waals surface area contributed by atoms with E-state index in [9.17, 15) is 4.79 Å². The highest BCUT2D eigenvalue weighted by Crippen LogP contribution is 2.28. The van der Waals surface area contributed by atoms with Crippen molar-refractivity contribution in [3.63, 3.8) is 0 Å². The van der Waals surface area contributed by atoms with Gasteiger partial charge in [-0.05, 0) is 49.4 Å². The van der Waals surface area contributed by atoms with Crippen LogP contribution in [-0.4, -0.2) is 40.3 Å². The molecule has 3 heterocycles. The molecule has 4 nitrogen and oxygen atoms in total. The van der Waals surface area contributed by atoms with Gasteiger partial charge in [0.1, 0.15) is 5.01 Å². The number of rotatable bonds is 6. The van der Waals surface area contributed by atoms with E-state index in [1.807, 2.05) is 4.90 Å². The summed E-state index contributed by atoms with van der Waals surface area (Å²) in [6.07, 6.45) is 2.55. The molecule has 0 saturated carbocycles. The van der Waals surface area contributed by atoms with Crippen LogP contribution in [0.4, 0.5) is 0 Å². The van der Waals surface area contributed by atoms with E-state index < -0.39 is 0 Å². The van der Waals surface area contributed by atoms with Gasteiger partial charge in [-0.2, -0.15) is 0 Å². The molecule has 0 radical (unpaired) electrons. The lowest BCUT2D eigenvalue weighted by Crippen LogP contribution is -2.33. The van der Waals surface area contributed by atoms with E-state index >= 15 is 0 Å². The molecular formula is C23H27N3OS2. The maximum atomic E-state index is 12.7. The Bertz CT molecular complexity index is 951. The number of hydrogen-bond acceptors (Lipinski definition) is 5. The first-order valence-electron chi connectivity index (χ1n) is 10.1. The van der Waals surface area contributed by atoms with Crippen molar-refractivity contribution in [3.8, 4) is 9.88 Å². The van der Waals surface area contributed by atoms with Crippen molar-refractivity contribution in [1.29, 1.82) is 0 Å². The zero-order chi connectivity index (χ0) is 20.2. The number of nitrogens with zero attached hydrogens (tertiary/aromatic N) is 3. The van der Waals surface area contributed by atoms with Gasteiger partial charge in [0.05, 0.1) is 10.6 Å². The van der Waals surface area contributed by atoms with E-state index in [1.165, 1.54) is 16.0 Å². The maximum Gasteiger partial charge on any atom is 0.222 e. The van der Waals surface area contributed by atoms with Crippen LogP contribution < -0.4 is 0 Å². The molecule has 1 aliphatic heterocycles. The number of benzene rings is 1. The Labute approximate surface area is 180 Å². The SMILES string of the molecule is Cc1ccccc1CN1CC[C@@H](N(C)Cc2csc(-c3cccs3)n2)CCC1=O. The average Bonchev–Trinajstić information content (AvgIpc) is 3.36. The minimum absolute atomic E-state index is 0.276. The lowest BCUT2D eigenvalue weighted by atomic mass is 10.1. The Kier molecular flexibility index (Phi) is 6.43. The molecule has 29 heavy (non-hydrogen) atoms. The third-order valence-corrected chi connectivity index (χ3v) is 7.65. The summed E-state index contributed by atoms with van der Waals surface area (Å²) in [6, 6.07) is 13.0. The smallest absolute Gasteiger partial charge is 0.222 e. The fraction of sp³-hybridized carbons (Fsp3) is 0.391. The minimum atomic E-state index is 0.276. The second kappa shape index (κ2) is 9.20. The summed E-state index contributed by atoms with van der Waals surface area (Å²) in [5.41, 5.74) is 3.62. The number of carbonyl (C=O) groups is 1. The number of aryl methyl sites for hydroxylation is 1. The Balaban J connectivity index is 1.36. The molecule has 1 saturated heterocycles. The second-order valence-corrected chi connectivity index (χ2v) is 9.57. The van der Waals surface area contributed by atoms with Crippen molar-refractivity contribution in [3.05, 3.63) is 64.0 Å². The van der Waals surface area contributed by atoms with Gasteiger partial charge in [-0.25, -0.2) is 4.98 Å². The van der Waals surface area contributed by atoms with Crippen LogP contribution in [0.25, 0.3) is 9.88 Å². The van der Waals surface area contributed by atoms with Crippen molar-refractivity contribution in [1.82, 2.24) is 14.8 Å². The van der Waals surface area contributed by atoms with Crippen molar-refractivity contribution in [2.45, 2.75) is 45.3 Å². The van der Waals surface area contributed by atoms with Crippen molar-refractivity contribution in [2.75, 3.05) is 13.6 Å². The number of amides is 1. The molecular weight excluding hydrogens is 398 g/mol. The first-order chi connectivity index (χ1) is 14.1. The molecule has 0 aliphatic carbocycles. The maximum absolute atomic E-state index is 12.7. The van der Waals surface area contributed by atoms with Gasteiger partial charge >= 0.3 is 0 Å². The van der Waals surface area contributed by atoms with Crippen molar-refractivity contribution in [2.24, 2.45) is 0 Å². The van der Waals surface area contributed by atoms with Crippen LogP contribution in [-0.2, 0) is 17.9 Å². The monoisotopic (exact) mass is 425 g/mol. The van der Waals surface area contributed by atoms with E-state index in [0.29, 0.717) is 12.5 Å². The molecule has 0 spiro atoms. The van der Waals surface area contributed by atoms with E-state index in [2.05, 4.69) is 66.0 Å². The third-order valence-electron chi connectivity index (χ3n) is 5.72. The first kappa shape index (κ1) is 20.3. The molecule has 6 heteroatoms. The normalized spacial score (nSPS) is 17.7. The number of thiophene rings is 1. The first-order valence-corrected chi connectivity index (χ1v) is 11.9. The summed E-state index contributed by atoms with van der Waals surface area (Å²) >= 11 is 3.45. The Morgan fingerprint density at radius 1 is 1.17 bits per heavy atom. The summed E-state index contributed by atoms with van der Waals surface area (Å²) in [6.45, 7) is 4.49. The quantitative estimate of drug-likeness (QED) is 0.545. The van der Waals surface area contributed by atoms with Gasteiger partial charge in [0.25, 0.3) is 0 Å². The van der Waals surface area contributed by atoms with E-state index in [4.69, 9.17) is 4.98 Å².